The average Bonchev–Trinajstić information content (AvgIpc) is 2.96. The summed E-state index contributed by atoms with van der Waals surface area (Å²) in [6.45, 7) is 0.804. The van der Waals surface area contributed by atoms with Gasteiger partial charge in [-0.1, -0.05) is 24.3 Å². The molecule has 2 aliphatic rings. The summed E-state index contributed by atoms with van der Waals surface area (Å²) in [4.78, 5) is 11.9. The van der Waals surface area contributed by atoms with Gasteiger partial charge in [0.2, 0.25) is 5.91 Å². The third-order valence-electron chi connectivity index (χ3n) is 3.05. The van der Waals surface area contributed by atoms with E-state index in [1.54, 1.807) is 0 Å². The molecule has 1 fully saturated rings. The van der Waals surface area contributed by atoms with Gasteiger partial charge in [0.05, 0.1) is 0 Å². The largest absolute Gasteiger partial charge is 0.352 e. The number of carbonyl (C=O) groups is 1. The zero-order valence-electron chi connectivity index (χ0n) is 8.49. The highest BCUT2D eigenvalue weighted by atomic mass is 16.2. The molecule has 3 heteroatoms. The van der Waals surface area contributed by atoms with Crippen molar-refractivity contribution in [2.24, 2.45) is 0 Å². The summed E-state index contributed by atoms with van der Waals surface area (Å²) in [5.74, 6) is 0.127. The van der Waals surface area contributed by atoms with Gasteiger partial charge < -0.3 is 5.32 Å². The molecule has 0 aromatic heterocycles. The number of benzene rings is 1. The molecule has 1 heterocycles. The maximum atomic E-state index is 11.9. The average molecular weight is 202 g/mol. The predicted octanol–water partition coefficient (Wildman–Crippen LogP) is 1.11. The first-order valence-electron chi connectivity index (χ1n) is 5.46. The van der Waals surface area contributed by atoms with Gasteiger partial charge in [-0.15, -0.1) is 0 Å². The first-order valence-corrected chi connectivity index (χ1v) is 5.46. The van der Waals surface area contributed by atoms with Crippen LogP contribution in [0.3, 0.4) is 0 Å². The van der Waals surface area contributed by atoms with E-state index in [4.69, 9.17) is 0 Å². The lowest BCUT2D eigenvalue weighted by atomic mass is 10.0. The van der Waals surface area contributed by atoms with Crippen molar-refractivity contribution in [3.8, 4) is 0 Å². The maximum Gasteiger partial charge on any atom is 0.241 e. The van der Waals surface area contributed by atoms with E-state index < -0.39 is 0 Å². The Morgan fingerprint density at radius 3 is 2.93 bits per heavy atom. The smallest absolute Gasteiger partial charge is 0.241 e. The van der Waals surface area contributed by atoms with Crippen LogP contribution < -0.4 is 10.6 Å². The number of hydrogen-bond acceptors (Lipinski definition) is 2. The van der Waals surface area contributed by atoms with Crippen molar-refractivity contribution in [2.45, 2.75) is 31.5 Å². The van der Waals surface area contributed by atoms with Crippen molar-refractivity contribution in [3.05, 3.63) is 35.4 Å². The van der Waals surface area contributed by atoms with Gasteiger partial charge in [0.25, 0.3) is 0 Å². The molecule has 1 aromatic carbocycles. The van der Waals surface area contributed by atoms with E-state index >= 15 is 0 Å². The van der Waals surface area contributed by atoms with Crippen molar-refractivity contribution < 1.29 is 4.79 Å². The van der Waals surface area contributed by atoms with Crippen molar-refractivity contribution in [3.63, 3.8) is 0 Å². The summed E-state index contributed by atoms with van der Waals surface area (Å²) >= 11 is 0. The molecule has 78 valence electrons. The fourth-order valence-corrected chi connectivity index (χ4v) is 2.04. The number of rotatable bonds is 2. The quantitative estimate of drug-likeness (QED) is 0.754. The van der Waals surface area contributed by atoms with E-state index in [0.29, 0.717) is 6.04 Å². The molecular formula is C12H14N2O. The van der Waals surface area contributed by atoms with Gasteiger partial charge in [0, 0.05) is 12.6 Å². The Morgan fingerprint density at radius 1 is 1.33 bits per heavy atom. The molecule has 3 rings (SSSR count). The topological polar surface area (TPSA) is 41.1 Å². The van der Waals surface area contributed by atoms with Crippen LogP contribution in [0, 0.1) is 0 Å². The first kappa shape index (κ1) is 8.92. The molecule has 2 N–H and O–H groups in total. The summed E-state index contributed by atoms with van der Waals surface area (Å²) in [5, 5.41) is 6.28. The molecular weight excluding hydrogens is 188 g/mol. The summed E-state index contributed by atoms with van der Waals surface area (Å²) < 4.78 is 0. The second kappa shape index (κ2) is 3.35. The lowest BCUT2D eigenvalue weighted by Gasteiger charge is -2.11. The lowest BCUT2D eigenvalue weighted by Crippen LogP contribution is -2.35. The van der Waals surface area contributed by atoms with E-state index in [0.717, 1.165) is 24.9 Å². The lowest BCUT2D eigenvalue weighted by molar-refractivity contribution is -0.123. The molecule has 0 bridgehead atoms. The molecule has 1 aliphatic carbocycles. The van der Waals surface area contributed by atoms with Gasteiger partial charge in [-0.05, 0) is 24.0 Å². The van der Waals surface area contributed by atoms with E-state index in [9.17, 15) is 4.79 Å². The van der Waals surface area contributed by atoms with E-state index in [2.05, 4.69) is 16.7 Å². The van der Waals surface area contributed by atoms with Gasteiger partial charge in [-0.2, -0.15) is 0 Å². The van der Waals surface area contributed by atoms with E-state index in [-0.39, 0.29) is 11.9 Å². The number of amides is 1. The van der Waals surface area contributed by atoms with Crippen LogP contribution in [0.4, 0.5) is 0 Å². The minimum Gasteiger partial charge on any atom is -0.352 e. The van der Waals surface area contributed by atoms with Gasteiger partial charge in [0.1, 0.15) is 6.04 Å². The third kappa shape index (κ3) is 1.63. The SMILES string of the molecule is O=C(NC1CC1)C1NCc2ccccc21. The minimum absolute atomic E-state index is 0.127. The third-order valence-corrected chi connectivity index (χ3v) is 3.05. The Balaban J connectivity index is 1.80. The second-order valence-corrected chi connectivity index (χ2v) is 4.30. The first-order chi connectivity index (χ1) is 7.34. The maximum absolute atomic E-state index is 11.9. The van der Waals surface area contributed by atoms with Crippen molar-refractivity contribution in [1.29, 1.82) is 0 Å². The Bertz CT molecular complexity index is 398. The molecule has 1 aliphatic heterocycles. The Kier molecular flexibility index (Phi) is 1.99. The minimum atomic E-state index is -0.137. The van der Waals surface area contributed by atoms with E-state index in [1.807, 2.05) is 18.2 Å². The highest BCUT2D eigenvalue weighted by Gasteiger charge is 2.31. The van der Waals surface area contributed by atoms with Crippen LogP contribution in [0.1, 0.15) is 30.0 Å². The zero-order valence-corrected chi connectivity index (χ0v) is 8.49. The van der Waals surface area contributed by atoms with Gasteiger partial charge >= 0.3 is 0 Å². The molecule has 15 heavy (non-hydrogen) atoms. The monoisotopic (exact) mass is 202 g/mol. The van der Waals surface area contributed by atoms with Crippen LogP contribution in [-0.4, -0.2) is 11.9 Å². The van der Waals surface area contributed by atoms with Gasteiger partial charge in [-0.3, -0.25) is 10.1 Å². The highest BCUT2D eigenvalue weighted by molar-refractivity contribution is 5.84. The molecule has 0 radical (unpaired) electrons. The molecule has 3 nitrogen and oxygen atoms in total. The zero-order chi connectivity index (χ0) is 10.3. The Labute approximate surface area is 88.9 Å². The van der Waals surface area contributed by atoms with Crippen LogP contribution in [0.2, 0.25) is 0 Å². The van der Waals surface area contributed by atoms with Crippen LogP contribution in [-0.2, 0) is 11.3 Å². The molecule has 0 spiro atoms. The fraction of sp³-hybridized carbons (Fsp3) is 0.417. The number of carbonyl (C=O) groups excluding carboxylic acids is 1. The van der Waals surface area contributed by atoms with Crippen molar-refractivity contribution in [2.75, 3.05) is 0 Å². The number of hydrogen-bond donors (Lipinski definition) is 2. The summed E-state index contributed by atoms with van der Waals surface area (Å²) in [6.07, 6.45) is 2.28. The van der Waals surface area contributed by atoms with Crippen molar-refractivity contribution >= 4 is 5.91 Å². The predicted molar refractivity (Wildman–Crippen MR) is 57.2 cm³/mol. The molecule has 0 saturated heterocycles. The van der Waals surface area contributed by atoms with Crippen molar-refractivity contribution in [1.82, 2.24) is 10.6 Å². The molecule has 1 atom stereocenters. The highest BCUT2D eigenvalue weighted by Crippen LogP contribution is 2.26. The van der Waals surface area contributed by atoms with Crippen LogP contribution in [0.25, 0.3) is 0 Å². The summed E-state index contributed by atoms with van der Waals surface area (Å²) in [5.41, 5.74) is 2.38. The second-order valence-electron chi connectivity index (χ2n) is 4.30. The Morgan fingerprint density at radius 2 is 2.13 bits per heavy atom. The molecule has 1 aromatic rings. The number of nitrogens with one attached hydrogen (secondary N) is 2. The standard InChI is InChI=1S/C12H14N2O/c15-12(14-9-5-6-9)11-10-4-2-1-3-8(10)7-13-11/h1-4,9,11,13H,5-7H2,(H,14,15). The Hall–Kier alpha value is -1.35. The normalized spacial score (nSPS) is 23.6. The molecule has 1 amide bonds. The molecule has 1 unspecified atom stereocenters. The van der Waals surface area contributed by atoms with E-state index in [1.165, 1.54) is 5.56 Å². The fourth-order valence-electron chi connectivity index (χ4n) is 2.04. The summed E-state index contributed by atoms with van der Waals surface area (Å²) in [6, 6.07) is 8.42. The number of fused-ring (bicyclic) bond motifs is 1. The van der Waals surface area contributed by atoms with Crippen LogP contribution >= 0.6 is 0 Å². The van der Waals surface area contributed by atoms with Gasteiger partial charge in [0.15, 0.2) is 0 Å². The van der Waals surface area contributed by atoms with Crippen LogP contribution in [0.5, 0.6) is 0 Å². The summed E-state index contributed by atoms with van der Waals surface area (Å²) in [7, 11) is 0. The molecule has 1 saturated carbocycles. The van der Waals surface area contributed by atoms with Gasteiger partial charge in [-0.25, -0.2) is 0 Å². The van der Waals surface area contributed by atoms with Crippen LogP contribution in [0.15, 0.2) is 24.3 Å².